The number of anilines is 1. The Balaban J connectivity index is 1.90. The number of hydrogen-bond donors (Lipinski definition) is 1. The molecule has 1 aromatic rings. The van der Waals surface area contributed by atoms with Gasteiger partial charge in [0.15, 0.2) is 0 Å². The normalized spacial score (nSPS) is 18.3. The third-order valence-electron chi connectivity index (χ3n) is 4.79. The van der Waals surface area contributed by atoms with Gasteiger partial charge in [0.05, 0.1) is 10.8 Å². The van der Waals surface area contributed by atoms with E-state index in [4.69, 9.17) is 4.98 Å². The highest BCUT2D eigenvalue weighted by atomic mass is 32.2. The van der Waals surface area contributed by atoms with Crippen molar-refractivity contribution in [3.05, 3.63) is 22.9 Å². The standard InChI is InChI=1S/C18H28N4O3S/c1-12(2)19-18(23)15-11-13-7-9-22(26(24,25)14-5-6-14)10-8-16(13)20-17(15)21(3)4/h11-12,14H,5-10H2,1-4H3,(H,19,23). The molecule has 26 heavy (non-hydrogen) atoms. The largest absolute Gasteiger partial charge is 0.362 e. The summed E-state index contributed by atoms with van der Waals surface area (Å²) in [6.45, 7) is 4.76. The number of hydrogen-bond acceptors (Lipinski definition) is 5. The fourth-order valence-electron chi connectivity index (χ4n) is 3.28. The lowest BCUT2D eigenvalue weighted by Gasteiger charge is -2.19. The fraction of sp³-hybridized carbons (Fsp3) is 0.667. The first-order chi connectivity index (χ1) is 12.2. The first kappa shape index (κ1) is 19.1. The number of sulfonamides is 1. The minimum Gasteiger partial charge on any atom is -0.362 e. The summed E-state index contributed by atoms with van der Waals surface area (Å²) in [5.74, 6) is 0.478. The summed E-state index contributed by atoms with van der Waals surface area (Å²) in [4.78, 5) is 19.1. The number of carbonyl (C=O) groups is 1. The summed E-state index contributed by atoms with van der Waals surface area (Å²) in [7, 11) is 0.542. The van der Waals surface area contributed by atoms with Crippen LogP contribution in [0.25, 0.3) is 0 Å². The van der Waals surface area contributed by atoms with Crippen molar-refractivity contribution in [1.82, 2.24) is 14.6 Å². The number of nitrogens with zero attached hydrogens (tertiary/aromatic N) is 3. The molecule has 0 spiro atoms. The van der Waals surface area contributed by atoms with Gasteiger partial charge in [-0.25, -0.2) is 17.7 Å². The van der Waals surface area contributed by atoms with Gasteiger partial charge in [-0.15, -0.1) is 0 Å². The third-order valence-corrected chi connectivity index (χ3v) is 7.19. The molecule has 7 nitrogen and oxygen atoms in total. The van der Waals surface area contributed by atoms with Gasteiger partial charge in [-0.05, 0) is 44.7 Å². The van der Waals surface area contributed by atoms with Crippen LogP contribution in [0.3, 0.4) is 0 Å². The Morgan fingerprint density at radius 1 is 1.27 bits per heavy atom. The fourth-order valence-corrected chi connectivity index (χ4v) is 5.13. The zero-order valence-corrected chi connectivity index (χ0v) is 16.8. The molecule has 3 rings (SSSR count). The lowest BCUT2D eigenvalue weighted by Crippen LogP contribution is -2.35. The van der Waals surface area contributed by atoms with E-state index >= 15 is 0 Å². The van der Waals surface area contributed by atoms with Crippen molar-refractivity contribution in [3.63, 3.8) is 0 Å². The zero-order valence-electron chi connectivity index (χ0n) is 15.9. The number of aromatic nitrogens is 1. The number of rotatable bonds is 5. The summed E-state index contributed by atoms with van der Waals surface area (Å²) in [5, 5.41) is 2.73. The molecular weight excluding hydrogens is 352 g/mol. The minimum absolute atomic E-state index is 0.0375. The van der Waals surface area contributed by atoms with E-state index in [2.05, 4.69) is 5.32 Å². The summed E-state index contributed by atoms with van der Waals surface area (Å²) in [6.07, 6.45) is 2.71. The molecule has 8 heteroatoms. The topological polar surface area (TPSA) is 82.6 Å². The number of fused-ring (bicyclic) bond motifs is 1. The molecule has 1 N–H and O–H groups in total. The maximum atomic E-state index is 12.6. The van der Waals surface area contributed by atoms with E-state index in [0.717, 1.165) is 24.1 Å². The van der Waals surface area contributed by atoms with Crippen molar-refractivity contribution in [2.45, 2.75) is 50.8 Å². The molecular formula is C18H28N4O3S. The molecule has 2 heterocycles. The summed E-state index contributed by atoms with van der Waals surface area (Å²) in [5.41, 5.74) is 2.40. The van der Waals surface area contributed by atoms with Gasteiger partial charge in [-0.2, -0.15) is 0 Å². The van der Waals surface area contributed by atoms with Crippen LogP contribution in [-0.4, -0.2) is 62.1 Å². The van der Waals surface area contributed by atoms with Gasteiger partial charge in [0.2, 0.25) is 10.0 Å². The molecule has 144 valence electrons. The van der Waals surface area contributed by atoms with Gasteiger partial charge in [-0.3, -0.25) is 4.79 Å². The van der Waals surface area contributed by atoms with E-state index in [9.17, 15) is 13.2 Å². The first-order valence-electron chi connectivity index (χ1n) is 9.20. The predicted molar refractivity (Wildman–Crippen MR) is 102 cm³/mol. The molecule has 1 aliphatic heterocycles. The second-order valence-electron chi connectivity index (χ2n) is 7.63. The summed E-state index contributed by atoms with van der Waals surface area (Å²) in [6, 6.07) is 1.93. The molecule has 2 aliphatic rings. The van der Waals surface area contributed by atoms with Crippen molar-refractivity contribution >= 4 is 21.7 Å². The quantitative estimate of drug-likeness (QED) is 0.829. The minimum atomic E-state index is -3.18. The third kappa shape index (κ3) is 3.86. The van der Waals surface area contributed by atoms with Crippen LogP contribution >= 0.6 is 0 Å². The van der Waals surface area contributed by atoms with E-state index < -0.39 is 10.0 Å². The molecule has 1 saturated carbocycles. The van der Waals surface area contributed by atoms with E-state index in [1.54, 1.807) is 4.31 Å². The monoisotopic (exact) mass is 380 g/mol. The highest BCUT2D eigenvalue weighted by Crippen LogP contribution is 2.32. The van der Waals surface area contributed by atoms with Gasteiger partial charge >= 0.3 is 0 Å². The molecule has 1 amide bonds. The van der Waals surface area contributed by atoms with Crippen molar-refractivity contribution in [3.8, 4) is 0 Å². The Kier molecular flexibility index (Phi) is 5.25. The van der Waals surface area contributed by atoms with Crippen LogP contribution in [0, 0.1) is 0 Å². The SMILES string of the molecule is CC(C)NC(=O)c1cc2c(nc1N(C)C)CCN(S(=O)(=O)C1CC1)CC2. The van der Waals surface area contributed by atoms with E-state index in [-0.39, 0.29) is 17.2 Å². The second-order valence-corrected chi connectivity index (χ2v) is 9.84. The number of pyridine rings is 1. The van der Waals surface area contributed by atoms with E-state index in [0.29, 0.717) is 37.3 Å². The van der Waals surface area contributed by atoms with Crippen molar-refractivity contribution < 1.29 is 13.2 Å². The van der Waals surface area contributed by atoms with Gasteiger partial charge in [-0.1, -0.05) is 0 Å². The van der Waals surface area contributed by atoms with Gasteiger partial charge in [0.25, 0.3) is 5.91 Å². The van der Waals surface area contributed by atoms with Crippen LogP contribution < -0.4 is 10.2 Å². The van der Waals surface area contributed by atoms with Crippen molar-refractivity contribution in [1.29, 1.82) is 0 Å². The second kappa shape index (κ2) is 7.15. The number of amides is 1. The maximum Gasteiger partial charge on any atom is 0.255 e. The van der Waals surface area contributed by atoms with Crippen LogP contribution in [0.15, 0.2) is 6.07 Å². The first-order valence-corrected chi connectivity index (χ1v) is 10.7. The van der Waals surface area contributed by atoms with Crippen LogP contribution in [0.4, 0.5) is 5.82 Å². The molecule has 1 fully saturated rings. The Bertz CT molecular complexity index is 801. The Labute approximate surface area is 155 Å². The van der Waals surface area contributed by atoms with Crippen LogP contribution in [0.5, 0.6) is 0 Å². The van der Waals surface area contributed by atoms with Gasteiger partial charge in [0, 0.05) is 45.3 Å². The molecule has 1 aliphatic carbocycles. The highest BCUT2D eigenvalue weighted by molar-refractivity contribution is 7.90. The van der Waals surface area contributed by atoms with E-state index in [1.807, 2.05) is 38.9 Å². The number of nitrogens with one attached hydrogen (secondary N) is 1. The average Bonchev–Trinajstić information content (AvgIpc) is 3.39. The molecule has 1 aromatic heterocycles. The average molecular weight is 381 g/mol. The predicted octanol–water partition coefficient (Wildman–Crippen LogP) is 1.18. The lowest BCUT2D eigenvalue weighted by molar-refractivity contribution is 0.0943. The highest BCUT2D eigenvalue weighted by Gasteiger charge is 2.40. The van der Waals surface area contributed by atoms with Crippen LogP contribution in [-0.2, 0) is 22.9 Å². The molecule has 0 atom stereocenters. The van der Waals surface area contributed by atoms with Crippen LogP contribution in [0.2, 0.25) is 0 Å². The molecule has 0 radical (unpaired) electrons. The summed E-state index contributed by atoms with van der Waals surface area (Å²) >= 11 is 0. The van der Waals surface area contributed by atoms with Gasteiger partial charge < -0.3 is 10.2 Å². The van der Waals surface area contributed by atoms with Crippen molar-refractivity contribution in [2.75, 3.05) is 32.1 Å². The summed E-state index contributed by atoms with van der Waals surface area (Å²) < 4.78 is 26.7. The molecule has 0 saturated heterocycles. The van der Waals surface area contributed by atoms with Gasteiger partial charge in [0.1, 0.15) is 5.82 Å². The molecule has 0 aromatic carbocycles. The lowest BCUT2D eigenvalue weighted by atomic mass is 10.0. The Hall–Kier alpha value is -1.67. The Morgan fingerprint density at radius 2 is 1.92 bits per heavy atom. The Morgan fingerprint density at radius 3 is 2.50 bits per heavy atom. The number of carbonyl (C=O) groups excluding carboxylic acids is 1. The molecule has 0 bridgehead atoms. The maximum absolute atomic E-state index is 12.6. The smallest absolute Gasteiger partial charge is 0.255 e. The van der Waals surface area contributed by atoms with Crippen LogP contribution in [0.1, 0.15) is 48.3 Å². The molecule has 0 unspecified atom stereocenters. The zero-order chi connectivity index (χ0) is 19.1. The van der Waals surface area contributed by atoms with E-state index in [1.165, 1.54) is 0 Å². The van der Waals surface area contributed by atoms with Crippen molar-refractivity contribution in [2.24, 2.45) is 0 Å².